The van der Waals surface area contributed by atoms with Gasteiger partial charge in [-0.3, -0.25) is 4.79 Å². The van der Waals surface area contributed by atoms with Gasteiger partial charge in [0.05, 0.1) is 11.2 Å². The molecule has 2 aliphatic heterocycles. The van der Waals surface area contributed by atoms with Crippen LogP contribution in [0.15, 0.2) is 12.4 Å². The number of carbonyl (C=O) groups excluding carboxylic acids is 2. The molecule has 2 fully saturated rings. The van der Waals surface area contributed by atoms with Crippen molar-refractivity contribution in [2.24, 2.45) is 5.92 Å². The Bertz CT molecular complexity index is 947. The number of aromatic nitrogens is 2. The Morgan fingerprint density at radius 1 is 1.16 bits per heavy atom. The molecule has 37 heavy (non-hydrogen) atoms. The van der Waals surface area contributed by atoms with Crippen LogP contribution in [-0.2, 0) is 18.8 Å². The molecule has 0 saturated carbocycles. The number of nitrogens with zero attached hydrogens (tertiary/aromatic N) is 4. The van der Waals surface area contributed by atoms with Crippen LogP contribution in [0.5, 0.6) is 0 Å². The first-order valence-corrected chi connectivity index (χ1v) is 13.2. The number of anilines is 1. The summed E-state index contributed by atoms with van der Waals surface area (Å²) in [7, 11) is 1.28. The number of nitrogens with one attached hydrogen (secondary N) is 1. The fourth-order valence-electron chi connectivity index (χ4n) is 4.40. The van der Waals surface area contributed by atoms with Crippen molar-refractivity contribution >= 4 is 30.5 Å². The maximum atomic E-state index is 13.4. The zero-order valence-corrected chi connectivity index (χ0v) is 24.1. The van der Waals surface area contributed by atoms with E-state index in [4.69, 9.17) is 14.0 Å². The summed E-state index contributed by atoms with van der Waals surface area (Å²) in [5.74, 6) is 0.385. The molecule has 3 heterocycles. The average Bonchev–Trinajstić information content (AvgIpc) is 3.02. The van der Waals surface area contributed by atoms with Gasteiger partial charge in [0.2, 0.25) is 11.9 Å². The molecule has 206 valence electrons. The summed E-state index contributed by atoms with van der Waals surface area (Å²) in [6, 6.07) is -0.708. The summed E-state index contributed by atoms with van der Waals surface area (Å²) in [6.45, 7) is 18.7. The van der Waals surface area contributed by atoms with Gasteiger partial charge in [-0.05, 0) is 67.2 Å². The number of piperidine rings is 1. The van der Waals surface area contributed by atoms with E-state index in [1.807, 2.05) is 41.5 Å². The van der Waals surface area contributed by atoms with Gasteiger partial charge in [0, 0.05) is 44.0 Å². The number of rotatable bonds is 6. The average molecular weight is 517 g/mol. The molecular formula is C26H44BN5O5. The third-order valence-corrected chi connectivity index (χ3v) is 7.36. The lowest BCUT2D eigenvalue weighted by molar-refractivity contribution is -0.135. The van der Waals surface area contributed by atoms with Crippen molar-refractivity contribution in [1.29, 1.82) is 0 Å². The van der Waals surface area contributed by atoms with Crippen LogP contribution in [0.2, 0.25) is 0 Å². The molecule has 3 rings (SSSR count). The van der Waals surface area contributed by atoms with E-state index in [-0.39, 0.29) is 17.9 Å². The molecule has 2 aliphatic rings. The van der Waals surface area contributed by atoms with Crippen LogP contribution >= 0.6 is 0 Å². The highest BCUT2D eigenvalue weighted by atomic mass is 16.7. The van der Waals surface area contributed by atoms with E-state index in [1.165, 1.54) is 0 Å². The van der Waals surface area contributed by atoms with Crippen LogP contribution in [0.1, 0.15) is 75.2 Å². The van der Waals surface area contributed by atoms with Crippen molar-refractivity contribution in [3.63, 3.8) is 0 Å². The minimum absolute atomic E-state index is 0.0330. The number of hydrogen-bond acceptors (Lipinski definition) is 8. The summed E-state index contributed by atoms with van der Waals surface area (Å²) in [4.78, 5) is 38.8. The van der Waals surface area contributed by atoms with E-state index in [1.54, 1.807) is 45.1 Å². The molecule has 0 bridgehead atoms. The molecule has 0 radical (unpaired) electrons. The lowest BCUT2D eigenvalue weighted by Gasteiger charge is -2.39. The number of likely N-dealkylation sites (N-methyl/N-ethyl adjacent to an activating group) is 1. The summed E-state index contributed by atoms with van der Waals surface area (Å²) in [5.41, 5.74) is -0.724. The van der Waals surface area contributed by atoms with Gasteiger partial charge in [0.15, 0.2) is 0 Å². The number of carbonyl (C=O) groups is 2. The third-order valence-electron chi connectivity index (χ3n) is 7.36. The predicted molar refractivity (Wildman–Crippen MR) is 144 cm³/mol. The first kappa shape index (κ1) is 29.2. The minimum atomic E-state index is -0.675. The van der Waals surface area contributed by atoms with Crippen molar-refractivity contribution in [2.75, 3.05) is 25.0 Å². The highest BCUT2D eigenvalue weighted by molar-refractivity contribution is 6.61. The van der Waals surface area contributed by atoms with Gasteiger partial charge in [0.1, 0.15) is 11.6 Å². The van der Waals surface area contributed by atoms with E-state index >= 15 is 0 Å². The Morgan fingerprint density at radius 3 is 2.24 bits per heavy atom. The Kier molecular flexibility index (Phi) is 8.49. The second-order valence-corrected chi connectivity index (χ2v) is 12.5. The zero-order valence-electron chi connectivity index (χ0n) is 24.1. The standard InChI is InChI=1S/C26H44BN5O5/c1-17(2)20(30-23(34)35-24(3,4)5)21(33)31(10)19-12-11-13-32(16-19)22-28-14-18(15-29-22)27-36-25(6,7)26(8,9)37-27/h14-15,17,19-20H,11-13,16H2,1-10H3,(H,30,34)/t19-,20+/m0/s1. The predicted octanol–water partition coefficient (Wildman–Crippen LogP) is 2.75. The van der Waals surface area contributed by atoms with Gasteiger partial charge in [0.25, 0.3) is 0 Å². The van der Waals surface area contributed by atoms with Crippen LogP contribution in [0.3, 0.4) is 0 Å². The molecule has 0 unspecified atom stereocenters. The third kappa shape index (κ3) is 6.93. The molecular weight excluding hydrogens is 473 g/mol. The topological polar surface area (TPSA) is 106 Å². The van der Waals surface area contributed by atoms with Crippen LogP contribution < -0.4 is 15.7 Å². The van der Waals surface area contributed by atoms with Crippen molar-refractivity contribution in [2.45, 2.75) is 104 Å². The second-order valence-electron chi connectivity index (χ2n) is 12.5. The maximum Gasteiger partial charge on any atom is 0.498 e. The molecule has 11 heteroatoms. The van der Waals surface area contributed by atoms with E-state index in [0.717, 1.165) is 24.8 Å². The van der Waals surface area contributed by atoms with Crippen LogP contribution in [0, 0.1) is 5.92 Å². The molecule has 1 aromatic rings. The molecule has 2 saturated heterocycles. The lowest BCUT2D eigenvalue weighted by Crippen LogP contribution is -2.56. The van der Waals surface area contributed by atoms with E-state index in [9.17, 15) is 9.59 Å². The highest BCUT2D eigenvalue weighted by Gasteiger charge is 2.52. The number of ether oxygens (including phenoxy) is 1. The normalized spacial score (nSPS) is 22.1. The molecule has 0 aromatic carbocycles. The quantitative estimate of drug-likeness (QED) is 0.575. The van der Waals surface area contributed by atoms with Gasteiger partial charge in [-0.2, -0.15) is 0 Å². The Hall–Kier alpha value is -2.40. The summed E-state index contributed by atoms with van der Waals surface area (Å²) in [6.07, 6.45) is 4.68. The summed E-state index contributed by atoms with van der Waals surface area (Å²) < 4.78 is 17.6. The molecule has 10 nitrogen and oxygen atoms in total. The largest absolute Gasteiger partial charge is 0.498 e. The van der Waals surface area contributed by atoms with Gasteiger partial charge in [-0.25, -0.2) is 14.8 Å². The van der Waals surface area contributed by atoms with Crippen LogP contribution in [0.4, 0.5) is 10.7 Å². The molecule has 2 amide bonds. The molecule has 0 aliphatic carbocycles. The SMILES string of the molecule is CC(C)[C@@H](NC(=O)OC(C)(C)C)C(=O)N(C)[C@H]1CCCN(c2ncc(B3OC(C)(C)C(C)(C)O3)cn2)C1. The fourth-order valence-corrected chi connectivity index (χ4v) is 4.40. The van der Waals surface area contributed by atoms with Gasteiger partial charge in [-0.15, -0.1) is 0 Å². The van der Waals surface area contributed by atoms with Crippen molar-refractivity contribution in [1.82, 2.24) is 20.2 Å². The number of amides is 2. The molecule has 1 N–H and O–H groups in total. The Labute approximate surface area is 222 Å². The molecule has 1 aromatic heterocycles. The minimum Gasteiger partial charge on any atom is -0.444 e. The van der Waals surface area contributed by atoms with Crippen molar-refractivity contribution in [3.8, 4) is 0 Å². The zero-order chi connectivity index (χ0) is 27.8. The number of hydrogen-bond donors (Lipinski definition) is 1. The summed E-state index contributed by atoms with van der Waals surface area (Å²) in [5, 5.41) is 2.77. The van der Waals surface area contributed by atoms with Gasteiger partial charge in [-0.1, -0.05) is 13.8 Å². The van der Waals surface area contributed by atoms with Crippen molar-refractivity contribution in [3.05, 3.63) is 12.4 Å². The van der Waals surface area contributed by atoms with Crippen LogP contribution in [-0.4, -0.2) is 83.0 Å². The smallest absolute Gasteiger partial charge is 0.444 e. The Morgan fingerprint density at radius 2 is 1.73 bits per heavy atom. The van der Waals surface area contributed by atoms with E-state index in [2.05, 4.69) is 20.2 Å². The number of alkyl carbamates (subject to hydrolysis) is 1. The summed E-state index contributed by atoms with van der Waals surface area (Å²) >= 11 is 0. The van der Waals surface area contributed by atoms with Gasteiger partial charge < -0.3 is 29.2 Å². The van der Waals surface area contributed by atoms with E-state index < -0.39 is 36.1 Å². The lowest BCUT2D eigenvalue weighted by atomic mass is 9.81. The second kappa shape index (κ2) is 10.8. The fraction of sp³-hybridized carbons (Fsp3) is 0.769. The molecule has 0 spiro atoms. The van der Waals surface area contributed by atoms with Crippen LogP contribution in [0.25, 0.3) is 0 Å². The first-order valence-electron chi connectivity index (χ1n) is 13.2. The maximum absolute atomic E-state index is 13.4. The monoisotopic (exact) mass is 517 g/mol. The highest BCUT2D eigenvalue weighted by Crippen LogP contribution is 2.36. The Balaban J connectivity index is 1.65. The van der Waals surface area contributed by atoms with Gasteiger partial charge >= 0.3 is 13.2 Å². The first-order chi connectivity index (χ1) is 17.0. The molecule has 2 atom stereocenters. The van der Waals surface area contributed by atoms with Crippen molar-refractivity contribution < 1.29 is 23.6 Å². The van der Waals surface area contributed by atoms with E-state index in [0.29, 0.717) is 12.5 Å².